The van der Waals surface area contributed by atoms with Crippen molar-refractivity contribution in [1.29, 1.82) is 0 Å². The third kappa shape index (κ3) is 3.94. The molecule has 0 amide bonds. The van der Waals surface area contributed by atoms with Crippen LogP contribution in [0.1, 0.15) is 5.56 Å². The Kier molecular flexibility index (Phi) is 4.21. The van der Waals surface area contributed by atoms with Gasteiger partial charge in [0.1, 0.15) is 6.61 Å². The Labute approximate surface area is 97.3 Å². The van der Waals surface area contributed by atoms with E-state index in [9.17, 15) is 14.9 Å². The Morgan fingerprint density at radius 3 is 2.88 bits per heavy atom. The normalized spacial score (nSPS) is 10.4. The number of carboxylic acids is 1. The summed E-state index contributed by atoms with van der Waals surface area (Å²) in [6.07, 6.45) is 2.19. The van der Waals surface area contributed by atoms with E-state index in [0.717, 1.165) is 11.6 Å². The lowest BCUT2D eigenvalue weighted by molar-refractivity contribution is -0.385. The Morgan fingerprint density at radius 1 is 1.59 bits per heavy atom. The van der Waals surface area contributed by atoms with Crippen LogP contribution in [0.4, 0.5) is 5.69 Å². The summed E-state index contributed by atoms with van der Waals surface area (Å²) in [7, 11) is 0. The number of aliphatic carboxylic acids is 1. The quantitative estimate of drug-likeness (QED) is 0.480. The van der Waals surface area contributed by atoms with Crippen LogP contribution in [0.15, 0.2) is 30.4 Å². The van der Waals surface area contributed by atoms with Gasteiger partial charge in [0.25, 0.3) is 0 Å². The van der Waals surface area contributed by atoms with Gasteiger partial charge in [0.15, 0.2) is 5.75 Å². The molecule has 0 aliphatic carbocycles. The zero-order valence-corrected chi connectivity index (χ0v) is 9.12. The van der Waals surface area contributed by atoms with Gasteiger partial charge in [-0.3, -0.25) is 10.1 Å². The second kappa shape index (κ2) is 5.64. The maximum Gasteiger partial charge on any atom is 0.328 e. The predicted octanol–water partition coefficient (Wildman–Crippen LogP) is 1.92. The number of nitro benzene ring substituents is 1. The molecule has 0 atom stereocenters. The van der Waals surface area contributed by atoms with Crippen LogP contribution in [0, 0.1) is 17.0 Å². The summed E-state index contributed by atoms with van der Waals surface area (Å²) < 4.78 is 5.14. The molecular weight excluding hydrogens is 226 g/mol. The molecule has 0 bridgehead atoms. The molecule has 0 spiro atoms. The summed E-state index contributed by atoms with van der Waals surface area (Å²) in [5.41, 5.74) is 0.687. The molecule has 6 heteroatoms. The van der Waals surface area contributed by atoms with Gasteiger partial charge in [-0.2, -0.15) is 0 Å². The number of hydrogen-bond acceptors (Lipinski definition) is 4. The van der Waals surface area contributed by atoms with Gasteiger partial charge in [-0.05, 0) is 24.6 Å². The SMILES string of the molecule is Cc1ccc([N+](=O)[O-])c(OCC=CC(=O)O)c1. The molecule has 0 aromatic heterocycles. The van der Waals surface area contributed by atoms with E-state index < -0.39 is 10.9 Å². The van der Waals surface area contributed by atoms with Crippen molar-refractivity contribution in [1.82, 2.24) is 0 Å². The number of hydrogen-bond donors (Lipinski definition) is 1. The first-order valence-electron chi connectivity index (χ1n) is 4.78. The predicted molar refractivity (Wildman–Crippen MR) is 60.1 cm³/mol. The molecule has 1 aromatic rings. The highest BCUT2D eigenvalue weighted by molar-refractivity contribution is 5.79. The van der Waals surface area contributed by atoms with Gasteiger partial charge in [0.05, 0.1) is 4.92 Å². The van der Waals surface area contributed by atoms with Gasteiger partial charge in [-0.15, -0.1) is 0 Å². The minimum atomic E-state index is -1.09. The Hall–Kier alpha value is -2.37. The van der Waals surface area contributed by atoms with Crippen LogP contribution in [-0.4, -0.2) is 22.6 Å². The van der Waals surface area contributed by atoms with E-state index in [1.165, 1.54) is 18.2 Å². The maximum absolute atomic E-state index is 10.7. The van der Waals surface area contributed by atoms with Crippen molar-refractivity contribution in [2.75, 3.05) is 6.61 Å². The molecule has 0 heterocycles. The van der Waals surface area contributed by atoms with Gasteiger partial charge >= 0.3 is 11.7 Å². The molecule has 0 unspecified atom stereocenters. The molecule has 0 aliphatic rings. The minimum Gasteiger partial charge on any atom is -0.483 e. The van der Waals surface area contributed by atoms with Crippen LogP contribution in [0.25, 0.3) is 0 Å². The van der Waals surface area contributed by atoms with E-state index in [0.29, 0.717) is 0 Å². The molecule has 0 fully saturated rings. The molecular formula is C11H11NO5. The first-order chi connectivity index (χ1) is 8.00. The highest BCUT2D eigenvalue weighted by Crippen LogP contribution is 2.27. The van der Waals surface area contributed by atoms with Gasteiger partial charge in [0, 0.05) is 12.1 Å². The molecule has 0 radical (unpaired) electrons. The number of aryl methyl sites for hydroxylation is 1. The second-order valence-corrected chi connectivity index (χ2v) is 3.28. The molecule has 1 aromatic carbocycles. The number of benzene rings is 1. The fourth-order valence-electron chi connectivity index (χ4n) is 1.17. The Balaban J connectivity index is 2.78. The first-order valence-corrected chi connectivity index (χ1v) is 4.78. The van der Waals surface area contributed by atoms with Crippen molar-refractivity contribution < 1.29 is 19.6 Å². The molecule has 1 N–H and O–H groups in total. The van der Waals surface area contributed by atoms with Gasteiger partial charge in [0.2, 0.25) is 0 Å². The lowest BCUT2D eigenvalue weighted by atomic mass is 10.2. The number of rotatable bonds is 5. The average Bonchev–Trinajstić information content (AvgIpc) is 2.23. The highest BCUT2D eigenvalue weighted by atomic mass is 16.6. The number of nitro groups is 1. The number of carbonyl (C=O) groups is 1. The zero-order valence-electron chi connectivity index (χ0n) is 9.12. The topological polar surface area (TPSA) is 89.7 Å². The smallest absolute Gasteiger partial charge is 0.328 e. The lowest BCUT2D eigenvalue weighted by Crippen LogP contribution is -1.99. The Morgan fingerprint density at radius 2 is 2.29 bits per heavy atom. The molecule has 0 saturated heterocycles. The van der Waals surface area contributed by atoms with Crippen molar-refractivity contribution in [3.63, 3.8) is 0 Å². The molecule has 1 rings (SSSR count). The van der Waals surface area contributed by atoms with E-state index in [4.69, 9.17) is 9.84 Å². The number of ether oxygens (including phenoxy) is 1. The summed E-state index contributed by atoms with van der Waals surface area (Å²) in [5, 5.41) is 19.0. The summed E-state index contributed by atoms with van der Waals surface area (Å²) >= 11 is 0. The van der Waals surface area contributed by atoms with Crippen molar-refractivity contribution in [2.24, 2.45) is 0 Å². The lowest BCUT2D eigenvalue weighted by Gasteiger charge is -2.04. The van der Waals surface area contributed by atoms with Crippen LogP contribution >= 0.6 is 0 Å². The van der Waals surface area contributed by atoms with E-state index in [1.807, 2.05) is 0 Å². The van der Waals surface area contributed by atoms with Crippen molar-refractivity contribution in [3.05, 3.63) is 46.0 Å². The summed E-state index contributed by atoms with van der Waals surface area (Å²) in [4.78, 5) is 20.3. The molecule has 90 valence electrons. The largest absolute Gasteiger partial charge is 0.483 e. The zero-order chi connectivity index (χ0) is 12.8. The van der Waals surface area contributed by atoms with Crippen molar-refractivity contribution >= 4 is 11.7 Å². The van der Waals surface area contributed by atoms with E-state index in [1.54, 1.807) is 13.0 Å². The maximum atomic E-state index is 10.7. The fraction of sp³-hybridized carbons (Fsp3) is 0.182. The highest BCUT2D eigenvalue weighted by Gasteiger charge is 2.14. The van der Waals surface area contributed by atoms with E-state index in [2.05, 4.69) is 0 Å². The van der Waals surface area contributed by atoms with Crippen molar-refractivity contribution in [2.45, 2.75) is 6.92 Å². The first kappa shape index (κ1) is 12.7. The van der Waals surface area contributed by atoms with Gasteiger partial charge in [-0.1, -0.05) is 6.07 Å². The Bertz CT molecular complexity index is 467. The van der Waals surface area contributed by atoms with Crippen molar-refractivity contribution in [3.8, 4) is 5.75 Å². The molecule has 0 saturated carbocycles. The fourth-order valence-corrected chi connectivity index (χ4v) is 1.17. The van der Waals surface area contributed by atoms with E-state index in [-0.39, 0.29) is 18.0 Å². The monoisotopic (exact) mass is 237 g/mol. The summed E-state index contributed by atoms with van der Waals surface area (Å²) in [6, 6.07) is 4.50. The van der Waals surface area contributed by atoms with Crippen LogP contribution in [0.5, 0.6) is 5.75 Å². The summed E-state index contributed by atoms with van der Waals surface area (Å²) in [6.45, 7) is 1.75. The molecule has 0 aliphatic heterocycles. The average molecular weight is 237 g/mol. The van der Waals surface area contributed by atoms with E-state index >= 15 is 0 Å². The minimum absolute atomic E-state index is 0.0312. The van der Waals surface area contributed by atoms with Gasteiger partial charge < -0.3 is 9.84 Å². The second-order valence-electron chi connectivity index (χ2n) is 3.28. The summed E-state index contributed by atoms with van der Waals surface area (Å²) in [5.74, 6) is -0.961. The number of carboxylic acid groups (broad SMARTS) is 1. The van der Waals surface area contributed by atoms with Crippen LogP contribution in [0.3, 0.4) is 0 Å². The standard InChI is InChI=1S/C11H11NO5/c1-8-4-5-9(12(15)16)10(7-8)17-6-2-3-11(13)14/h2-5,7H,6H2,1H3,(H,13,14). The van der Waals surface area contributed by atoms with Crippen LogP contribution < -0.4 is 4.74 Å². The third-order valence-electron chi connectivity index (χ3n) is 1.91. The molecule has 6 nitrogen and oxygen atoms in total. The third-order valence-corrected chi connectivity index (χ3v) is 1.91. The van der Waals surface area contributed by atoms with Gasteiger partial charge in [-0.25, -0.2) is 4.79 Å². The van der Waals surface area contributed by atoms with Crippen LogP contribution in [0.2, 0.25) is 0 Å². The number of nitrogens with zero attached hydrogens (tertiary/aromatic N) is 1. The van der Waals surface area contributed by atoms with Crippen LogP contribution in [-0.2, 0) is 4.79 Å². The molecule has 17 heavy (non-hydrogen) atoms.